The molecule has 0 spiro atoms. The molecule has 1 aromatic carbocycles. The number of methoxy groups -OCH3 is 1. The minimum Gasteiger partial charge on any atom is -0.497 e. The fourth-order valence-electron chi connectivity index (χ4n) is 2.35. The van der Waals surface area contributed by atoms with Crippen LogP contribution in [0.3, 0.4) is 0 Å². The van der Waals surface area contributed by atoms with Gasteiger partial charge in [0.2, 0.25) is 0 Å². The smallest absolute Gasteiger partial charge is 0.255 e. The van der Waals surface area contributed by atoms with Gasteiger partial charge in [-0.2, -0.15) is 12.6 Å². The summed E-state index contributed by atoms with van der Waals surface area (Å²) >= 11 is 4.24. The van der Waals surface area contributed by atoms with E-state index < -0.39 is 0 Å². The van der Waals surface area contributed by atoms with Crippen molar-refractivity contribution in [3.63, 3.8) is 0 Å². The van der Waals surface area contributed by atoms with Crippen molar-refractivity contribution in [3.8, 4) is 17.0 Å². The third-order valence-corrected chi connectivity index (χ3v) is 4.10. The molecule has 1 aromatic heterocycles. The van der Waals surface area contributed by atoms with E-state index in [0.717, 1.165) is 29.0 Å². The fourth-order valence-corrected chi connectivity index (χ4v) is 2.59. The zero-order chi connectivity index (χ0) is 15.4. The highest BCUT2D eigenvalue weighted by Crippen LogP contribution is 2.26. The molecule has 0 saturated heterocycles. The van der Waals surface area contributed by atoms with Crippen molar-refractivity contribution in [2.45, 2.75) is 32.1 Å². The van der Waals surface area contributed by atoms with Crippen LogP contribution in [0.25, 0.3) is 11.3 Å². The molecule has 0 aliphatic rings. The number of pyridine rings is 1. The van der Waals surface area contributed by atoms with Gasteiger partial charge in [0.05, 0.1) is 12.8 Å². The van der Waals surface area contributed by atoms with E-state index in [1.807, 2.05) is 41.0 Å². The van der Waals surface area contributed by atoms with Gasteiger partial charge in [-0.05, 0) is 31.5 Å². The molecule has 1 heterocycles. The van der Waals surface area contributed by atoms with Crippen LogP contribution in [0, 0.1) is 0 Å². The van der Waals surface area contributed by atoms with Crippen LogP contribution in [0.5, 0.6) is 5.75 Å². The Hall–Kier alpha value is -1.68. The van der Waals surface area contributed by atoms with Gasteiger partial charge in [-0.1, -0.05) is 25.1 Å². The Labute approximate surface area is 131 Å². The molecule has 0 fully saturated rings. The predicted molar refractivity (Wildman–Crippen MR) is 90.4 cm³/mol. The van der Waals surface area contributed by atoms with E-state index in [9.17, 15) is 4.79 Å². The molecule has 1 atom stereocenters. The van der Waals surface area contributed by atoms with E-state index in [4.69, 9.17) is 4.74 Å². The molecular weight excluding hydrogens is 282 g/mol. The van der Waals surface area contributed by atoms with E-state index >= 15 is 0 Å². The van der Waals surface area contributed by atoms with Crippen LogP contribution in [0.4, 0.5) is 0 Å². The lowest BCUT2D eigenvalue weighted by Gasteiger charge is -2.20. The van der Waals surface area contributed by atoms with Crippen LogP contribution < -0.4 is 10.3 Å². The van der Waals surface area contributed by atoms with Gasteiger partial charge in [0, 0.05) is 22.9 Å². The monoisotopic (exact) mass is 303 g/mol. The molecule has 21 heavy (non-hydrogen) atoms. The standard InChI is InChI=1S/C17H21NO2S/c1-4-12(2)18-16(9-8-14(11-21)17(18)19)13-6-5-7-15(10-13)20-3/h5-10,12,21H,4,11H2,1-3H3. The van der Waals surface area contributed by atoms with Crippen molar-refractivity contribution in [2.75, 3.05) is 7.11 Å². The van der Waals surface area contributed by atoms with Crippen LogP contribution in [-0.4, -0.2) is 11.7 Å². The molecule has 0 amide bonds. The number of aromatic nitrogens is 1. The van der Waals surface area contributed by atoms with E-state index in [-0.39, 0.29) is 11.6 Å². The maximum atomic E-state index is 12.6. The minimum absolute atomic E-state index is 0.0414. The molecular formula is C17H21NO2S. The highest BCUT2D eigenvalue weighted by molar-refractivity contribution is 7.79. The van der Waals surface area contributed by atoms with Gasteiger partial charge in [-0.25, -0.2) is 0 Å². The molecule has 2 aromatic rings. The molecule has 0 bridgehead atoms. The van der Waals surface area contributed by atoms with Gasteiger partial charge in [-0.15, -0.1) is 0 Å². The normalized spacial score (nSPS) is 12.2. The molecule has 0 N–H and O–H groups in total. The van der Waals surface area contributed by atoms with Crippen molar-refractivity contribution >= 4 is 12.6 Å². The second-order valence-corrected chi connectivity index (χ2v) is 5.38. The van der Waals surface area contributed by atoms with Crippen LogP contribution in [0.1, 0.15) is 31.9 Å². The average Bonchev–Trinajstić information content (AvgIpc) is 2.53. The number of rotatable bonds is 5. The quantitative estimate of drug-likeness (QED) is 0.849. The molecule has 112 valence electrons. The zero-order valence-electron chi connectivity index (χ0n) is 12.7. The highest BCUT2D eigenvalue weighted by atomic mass is 32.1. The molecule has 0 aliphatic heterocycles. The summed E-state index contributed by atoms with van der Waals surface area (Å²) in [4.78, 5) is 12.6. The molecule has 1 unspecified atom stereocenters. The van der Waals surface area contributed by atoms with Crippen LogP contribution in [0.15, 0.2) is 41.2 Å². The predicted octanol–water partition coefficient (Wildman–Crippen LogP) is 3.92. The first kappa shape index (κ1) is 15.7. The second-order valence-electron chi connectivity index (χ2n) is 5.07. The summed E-state index contributed by atoms with van der Waals surface area (Å²) in [5.41, 5.74) is 2.67. The van der Waals surface area contributed by atoms with Crippen LogP contribution >= 0.6 is 12.6 Å². The Kier molecular flexibility index (Phi) is 5.12. The van der Waals surface area contributed by atoms with Crippen molar-refractivity contribution in [2.24, 2.45) is 0 Å². The molecule has 0 radical (unpaired) electrons. The highest BCUT2D eigenvalue weighted by Gasteiger charge is 2.14. The summed E-state index contributed by atoms with van der Waals surface area (Å²) in [6, 6.07) is 11.8. The van der Waals surface area contributed by atoms with Gasteiger partial charge in [-0.3, -0.25) is 4.79 Å². The zero-order valence-corrected chi connectivity index (χ0v) is 13.6. The summed E-state index contributed by atoms with van der Waals surface area (Å²) in [5.74, 6) is 1.24. The Morgan fingerprint density at radius 3 is 2.67 bits per heavy atom. The second kappa shape index (κ2) is 6.85. The Balaban J connectivity index is 2.67. The number of hydrogen-bond donors (Lipinski definition) is 1. The Morgan fingerprint density at radius 1 is 1.29 bits per heavy atom. The lowest BCUT2D eigenvalue weighted by Crippen LogP contribution is -2.27. The topological polar surface area (TPSA) is 31.2 Å². The summed E-state index contributed by atoms with van der Waals surface area (Å²) in [6.07, 6.45) is 0.896. The number of ether oxygens (including phenoxy) is 1. The number of benzene rings is 1. The summed E-state index contributed by atoms with van der Waals surface area (Å²) < 4.78 is 7.14. The molecule has 3 nitrogen and oxygen atoms in total. The first-order chi connectivity index (χ1) is 10.1. The van der Waals surface area contributed by atoms with Crippen molar-refractivity contribution < 1.29 is 4.74 Å². The largest absolute Gasteiger partial charge is 0.497 e. The first-order valence-electron chi connectivity index (χ1n) is 7.12. The number of hydrogen-bond acceptors (Lipinski definition) is 3. The fraction of sp³-hybridized carbons (Fsp3) is 0.353. The Bertz CT molecular complexity index is 679. The van der Waals surface area contributed by atoms with Gasteiger partial charge < -0.3 is 9.30 Å². The summed E-state index contributed by atoms with van der Waals surface area (Å²) in [7, 11) is 1.64. The maximum absolute atomic E-state index is 12.6. The van der Waals surface area contributed by atoms with Gasteiger partial charge in [0.1, 0.15) is 5.75 Å². The molecule has 2 rings (SSSR count). The maximum Gasteiger partial charge on any atom is 0.255 e. The Morgan fingerprint density at radius 2 is 2.05 bits per heavy atom. The van der Waals surface area contributed by atoms with Crippen molar-refractivity contribution in [1.82, 2.24) is 4.57 Å². The lowest BCUT2D eigenvalue weighted by molar-refractivity contribution is 0.415. The summed E-state index contributed by atoms with van der Waals surface area (Å²) in [5, 5.41) is 0. The number of thiol groups is 1. The molecule has 0 aliphatic carbocycles. The van der Waals surface area contributed by atoms with E-state index in [1.165, 1.54) is 0 Å². The summed E-state index contributed by atoms with van der Waals surface area (Å²) in [6.45, 7) is 4.15. The molecule has 4 heteroatoms. The number of nitrogens with zero attached hydrogens (tertiary/aromatic N) is 1. The first-order valence-corrected chi connectivity index (χ1v) is 7.75. The van der Waals surface area contributed by atoms with Crippen molar-refractivity contribution in [1.29, 1.82) is 0 Å². The SMILES string of the molecule is CCC(C)n1c(-c2cccc(OC)c2)ccc(CS)c1=O. The minimum atomic E-state index is 0.0414. The average molecular weight is 303 g/mol. The van der Waals surface area contributed by atoms with Gasteiger partial charge >= 0.3 is 0 Å². The van der Waals surface area contributed by atoms with Gasteiger partial charge in [0.25, 0.3) is 5.56 Å². The third kappa shape index (κ3) is 3.16. The van der Waals surface area contributed by atoms with Gasteiger partial charge in [0.15, 0.2) is 0 Å². The van der Waals surface area contributed by atoms with Crippen molar-refractivity contribution in [3.05, 3.63) is 52.3 Å². The lowest BCUT2D eigenvalue weighted by atomic mass is 10.1. The van der Waals surface area contributed by atoms with Crippen LogP contribution in [0.2, 0.25) is 0 Å². The van der Waals surface area contributed by atoms with Crippen LogP contribution in [-0.2, 0) is 5.75 Å². The van der Waals surface area contributed by atoms with E-state index in [1.54, 1.807) is 7.11 Å². The van der Waals surface area contributed by atoms with E-state index in [2.05, 4.69) is 26.5 Å². The molecule has 0 saturated carbocycles. The van der Waals surface area contributed by atoms with E-state index in [0.29, 0.717) is 5.75 Å². The third-order valence-electron chi connectivity index (χ3n) is 3.76.